The van der Waals surface area contributed by atoms with E-state index in [0.29, 0.717) is 11.8 Å². The third kappa shape index (κ3) is 2.37. The number of hydrogen-bond donors (Lipinski definition) is 1. The van der Waals surface area contributed by atoms with E-state index in [4.69, 9.17) is 9.72 Å². The lowest BCUT2D eigenvalue weighted by Gasteiger charge is -2.29. The molecule has 1 N–H and O–H groups in total. The number of nitrogens with one attached hydrogen (secondary N) is 1. The number of pyridine rings is 1. The van der Waals surface area contributed by atoms with Gasteiger partial charge < -0.3 is 14.6 Å². The number of piperidine rings is 1. The zero-order valence-corrected chi connectivity index (χ0v) is 12.5. The first-order chi connectivity index (χ1) is 10.8. The summed E-state index contributed by atoms with van der Waals surface area (Å²) in [5, 5.41) is 0. The minimum Gasteiger partial charge on any atom is -0.381 e. The van der Waals surface area contributed by atoms with E-state index >= 15 is 0 Å². The van der Waals surface area contributed by atoms with Crippen LogP contribution in [-0.4, -0.2) is 52.6 Å². The number of aromatic amines is 1. The fourth-order valence-electron chi connectivity index (χ4n) is 3.54. The van der Waals surface area contributed by atoms with Gasteiger partial charge >= 0.3 is 0 Å². The van der Waals surface area contributed by atoms with Crippen molar-refractivity contribution in [3.05, 3.63) is 23.7 Å². The molecule has 22 heavy (non-hydrogen) atoms. The summed E-state index contributed by atoms with van der Waals surface area (Å²) in [5.74, 6) is 1.81. The van der Waals surface area contributed by atoms with Gasteiger partial charge in [0.05, 0.1) is 6.61 Å². The zero-order chi connectivity index (χ0) is 14.9. The van der Waals surface area contributed by atoms with Crippen LogP contribution in [0.5, 0.6) is 0 Å². The Morgan fingerprint density at radius 2 is 2.14 bits per heavy atom. The Balaban J connectivity index is 1.64. The van der Waals surface area contributed by atoms with Crippen LogP contribution in [0.3, 0.4) is 0 Å². The van der Waals surface area contributed by atoms with Gasteiger partial charge in [-0.2, -0.15) is 0 Å². The highest BCUT2D eigenvalue weighted by atomic mass is 16.5. The van der Waals surface area contributed by atoms with Crippen LogP contribution in [0.2, 0.25) is 0 Å². The minimum atomic E-state index is 0.360. The molecule has 0 bridgehead atoms. The van der Waals surface area contributed by atoms with Crippen molar-refractivity contribution < 1.29 is 9.53 Å². The van der Waals surface area contributed by atoms with Gasteiger partial charge in [0.2, 0.25) is 6.41 Å². The molecule has 2 aromatic rings. The highest BCUT2D eigenvalue weighted by Crippen LogP contribution is 2.32. The van der Waals surface area contributed by atoms with E-state index in [1.54, 1.807) is 0 Å². The lowest BCUT2D eigenvalue weighted by molar-refractivity contribution is -0.119. The average Bonchev–Trinajstić information content (AvgIpc) is 3.23. The molecule has 2 aromatic heterocycles. The third-order valence-corrected chi connectivity index (χ3v) is 4.87. The van der Waals surface area contributed by atoms with E-state index in [2.05, 4.69) is 16.0 Å². The number of fused-ring (bicyclic) bond motifs is 1. The number of ether oxygens (including phenoxy) is 1. The van der Waals surface area contributed by atoms with E-state index in [0.717, 1.165) is 69.0 Å². The number of H-pyrrole nitrogens is 1. The number of aromatic nitrogens is 3. The number of nitrogens with zero attached hydrogens (tertiary/aromatic N) is 3. The Kier molecular flexibility index (Phi) is 3.54. The van der Waals surface area contributed by atoms with Crippen LogP contribution in [0, 0.1) is 0 Å². The van der Waals surface area contributed by atoms with Gasteiger partial charge in [-0.15, -0.1) is 0 Å². The molecule has 6 nitrogen and oxygen atoms in total. The number of carbonyl (C=O) groups is 1. The molecule has 0 saturated carbocycles. The Labute approximate surface area is 128 Å². The van der Waals surface area contributed by atoms with Gasteiger partial charge in [0, 0.05) is 31.8 Å². The summed E-state index contributed by atoms with van der Waals surface area (Å²) in [4.78, 5) is 25.3. The summed E-state index contributed by atoms with van der Waals surface area (Å²) < 4.78 is 5.46. The molecule has 2 aliphatic rings. The second-order valence-electron chi connectivity index (χ2n) is 6.20. The second kappa shape index (κ2) is 5.68. The summed E-state index contributed by atoms with van der Waals surface area (Å²) in [5.41, 5.74) is 3.13. The first kappa shape index (κ1) is 13.7. The van der Waals surface area contributed by atoms with Gasteiger partial charge in [-0.1, -0.05) is 0 Å². The van der Waals surface area contributed by atoms with Crippen LogP contribution in [0.1, 0.15) is 42.5 Å². The maximum absolute atomic E-state index is 10.9. The van der Waals surface area contributed by atoms with Crippen LogP contribution in [-0.2, 0) is 9.53 Å². The highest BCUT2D eigenvalue weighted by Gasteiger charge is 2.25. The zero-order valence-electron chi connectivity index (χ0n) is 12.5. The Morgan fingerprint density at radius 3 is 2.86 bits per heavy atom. The van der Waals surface area contributed by atoms with E-state index in [-0.39, 0.29) is 0 Å². The number of rotatable bonds is 3. The van der Waals surface area contributed by atoms with Gasteiger partial charge in [0.15, 0.2) is 5.65 Å². The summed E-state index contributed by atoms with van der Waals surface area (Å²) >= 11 is 0. The van der Waals surface area contributed by atoms with Crippen LogP contribution in [0.4, 0.5) is 0 Å². The lowest BCUT2D eigenvalue weighted by atomic mass is 9.89. The van der Waals surface area contributed by atoms with Crippen molar-refractivity contribution in [2.75, 3.05) is 26.3 Å². The van der Waals surface area contributed by atoms with Crippen molar-refractivity contribution in [2.24, 2.45) is 0 Å². The molecule has 1 unspecified atom stereocenters. The average molecular weight is 300 g/mol. The number of amides is 1. The molecular formula is C16H20N4O2. The summed E-state index contributed by atoms with van der Waals surface area (Å²) in [6, 6.07) is 2.08. The lowest BCUT2D eigenvalue weighted by Crippen LogP contribution is -2.31. The quantitative estimate of drug-likeness (QED) is 0.877. The topological polar surface area (TPSA) is 71.1 Å². The molecule has 1 atom stereocenters. The Hall–Kier alpha value is -1.95. The summed E-state index contributed by atoms with van der Waals surface area (Å²) in [7, 11) is 0. The SMILES string of the molecule is O=CN1CCC(c2ccnc3[nH]c(C4CCOC4)nc23)CC1. The van der Waals surface area contributed by atoms with Gasteiger partial charge in [0.25, 0.3) is 0 Å². The highest BCUT2D eigenvalue weighted by molar-refractivity contribution is 5.75. The normalized spacial score (nSPS) is 23.3. The predicted octanol–water partition coefficient (Wildman–Crippen LogP) is 1.80. The molecule has 6 heteroatoms. The van der Waals surface area contributed by atoms with Crippen LogP contribution >= 0.6 is 0 Å². The number of carbonyl (C=O) groups excluding carboxylic acids is 1. The molecule has 0 spiro atoms. The van der Waals surface area contributed by atoms with Gasteiger partial charge in [-0.05, 0) is 36.8 Å². The van der Waals surface area contributed by atoms with E-state index in [1.165, 1.54) is 5.56 Å². The van der Waals surface area contributed by atoms with Crippen LogP contribution in [0.15, 0.2) is 12.3 Å². The molecular weight excluding hydrogens is 280 g/mol. The summed E-state index contributed by atoms with van der Waals surface area (Å²) in [6.45, 7) is 3.20. The van der Waals surface area contributed by atoms with Crippen molar-refractivity contribution in [1.29, 1.82) is 0 Å². The molecule has 2 fully saturated rings. The largest absolute Gasteiger partial charge is 0.381 e. The smallest absolute Gasteiger partial charge is 0.209 e. The predicted molar refractivity (Wildman–Crippen MR) is 81.7 cm³/mol. The van der Waals surface area contributed by atoms with E-state index in [9.17, 15) is 4.79 Å². The van der Waals surface area contributed by atoms with Crippen molar-refractivity contribution in [2.45, 2.75) is 31.1 Å². The van der Waals surface area contributed by atoms with Gasteiger partial charge in [0.1, 0.15) is 11.3 Å². The van der Waals surface area contributed by atoms with E-state index < -0.39 is 0 Å². The maximum Gasteiger partial charge on any atom is 0.209 e. The Morgan fingerprint density at radius 1 is 1.27 bits per heavy atom. The fourth-order valence-corrected chi connectivity index (χ4v) is 3.54. The standard InChI is InChI=1S/C16H20N4O2/c21-10-20-6-2-11(3-7-20)13-1-5-17-16-14(13)18-15(19-16)12-4-8-22-9-12/h1,5,10-12H,2-4,6-9H2,(H,17,18,19). The maximum atomic E-state index is 10.9. The first-order valence-electron chi connectivity index (χ1n) is 7.97. The van der Waals surface area contributed by atoms with E-state index in [1.807, 2.05) is 11.1 Å². The monoisotopic (exact) mass is 300 g/mol. The Bertz CT molecular complexity index is 670. The molecule has 4 heterocycles. The third-order valence-electron chi connectivity index (χ3n) is 4.87. The molecule has 116 valence electrons. The molecule has 0 aromatic carbocycles. The summed E-state index contributed by atoms with van der Waals surface area (Å²) in [6.07, 6.45) is 5.81. The van der Waals surface area contributed by atoms with Crippen LogP contribution < -0.4 is 0 Å². The fraction of sp³-hybridized carbons (Fsp3) is 0.562. The molecule has 0 radical (unpaired) electrons. The number of imidazole rings is 1. The molecule has 0 aliphatic carbocycles. The molecule has 2 saturated heterocycles. The van der Waals surface area contributed by atoms with Crippen molar-refractivity contribution in [1.82, 2.24) is 19.9 Å². The van der Waals surface area contributed by atoms with Gasteiger partial charge in [-0.3, -0.25) is 4.79 Å². The number of likely N-dealkylation sites (tertiary alicyclic amines) is 1. The molecule has 4 rings (SSSR count). The second-order valence-corrected chi connectivity index (χ2v) is 6.20. The van der Waals surface area contributed by atoms with Crippen LogP contribution in [0.25, 0.3) is 11.2 Å². The van der Waals surface area contributed by atoms with Gasteiger partial charge in [-0.25, -0.2) is 9.97 Å². The van der Waals surface area contributed by atoms with Crippen molar-refractivity contribution >= 4 is 17.6 Å². The molecule has 1 amide bonds. The minimum absolute atomic E-state index is 0.360. The van der Waals surface area contributed by atoms with Crippen molar-refractivity contribution in [3.8, 4) is 0 Å². The molecule has 2 aliphatic heterocycles. The first-order valence-corrected chi connectivity index (χ1v) is 7.97. The van der Waals surface area contributed by atoms with Crippen molar-refractivity contribution in [3.63, 3.8) is 0 Å². The number of hydrogen-bond acceptors (Lipinski definition) is 4.